The third-order valence-electron chi connectivity index (χ3n) is 4.07. The highest BCUT2D eigenvalue weighted by molar-refractivity contribution is 14.2. The van der Waals surface area contributed by atoms with Crippen LogP contribution in [0.15, 0.2) is 48.7 Å². The van der Waals surface area contributed by atoms with Crippen LogP contribution >= 0.6 is 41.9 Å². The maximum Gasteiger partial charge on any atom is 0.0488 e. The predicted octanol–water partition coefficient (Wildman–Crippen LogP) is 6.56. The number of hydrogen-bond donors (Lipinski definition) is 2. The van der Waals surface area contributed by atoms with Gasteiger partial charge in [0.1, 0.15) is 0 Å². The predicted molar refractivity (Wildman–Crippen MR) is 107 cm³/mol. The van der Waals surface area contributed by atoms with Gasteiger partial charge in [0.15, 0.2) is 0 Å². The summed E-state index contributed by atoms with van der Waals surface area (Å²) in [5, 5.41) is 1.94. The molecule has 0 aliphatic carbocycles. The molecule has 2 aromatic carbocycles. The zero-order valence-corrected chi connectivity index (χ0v) is 16.0. The molecule has 0 unspecified atom stereocenters. The smallest absolute Gasteiger partial charge is 0.0488 e. The van der Waals surface area contributed by atoms with Crippen molar-refractivity contribution in [2.24, 2.45) is 0 Å². The number of nitrogens with one attached hydrogen (secondary N) is 2. The number of anilines is 1. The number of benzene rings is 2. The number of fused-ring (bicyclic) bond motifs is 1. The van der Waals surface area contributed by atoms with E-state index in [1.807, 2.05) is 18.2 Å². The molecule has 3 rings (SSSR count). The van der Waals surface area contributed by atoms with Gasteiger partial charge in [-0.25, -0.2) is 0 Å². The van der Waals surface area contributed by atoms with Crippen molar-refractivity contribution in [3.63, 3.8) is 0 Å². The van der Waals surface area contributed by atoms with E-state index >= 15 is 0 Å². The van der Waals surface area contributed by atoms with Crippen LogP contribution in [0.2, 0.25) is 5.02 Å². The third-order valence-corrected chi connectivity index (χ3v) is 5.26. The maximum absolute atomic E-state index is 6.19. The summed E-state index contributed by atoms with van der Waals surface area (Å²) in [4.78, 5) is 3.36. The van der Waals surface area contributed by atoms with Crippen molar-refractivity contribution in [3.8, 4) is 0 Å². The molecule has 0 fully saturated rings. The lowest BCUT2D eigenvalue weighted by Gasteiger charge is -2.27. The Kier molecular flexibility index (Phi) is 4.61. The number of halogens is 2. The molecule has 1 heterocycles. The SMILES string of the molecule is CC(C)(c1ccccc1NSI)c1c[nH]c2ccc(Cl)cc12. The number of aromatic nitrogens is 1. The van der Waals surface area contributed by atoms with E-state index in [2.05, 4.69) is 75.2 Å². The molecule has 0 spiro atoms. The van der Waals surface area contributed by atoms with Gasteiger partial charge in [0.2, 0.25) is 0 Å². The third kappa shape index (κ3) is 2.84. The summed E-state index contributed by atoms with van der Waals surface area (Å²) < 4.78 is 3.37. The first-order valence-corrected chi connectivity index (χ1v) is 10.7. The van der Waals surface area contributed by atoms with Crippen LogP contribution in [0.1, 0.15) is 25.0 Å². The van der Waals surface area contributed by atoms with Crippen molar-refractivity contribution in [2.75, 3.05) is 4.72 Å². The van der Waals surface area contributed by atoms with E-state index in [9.17, 15) is 0 Å². The van der Waals surface area contributed by atoms with Crippen LogP contribution in [0.25, 0.3) is 10.9 Å². The first-order chi connectivity index (χ1) is 10.5. The number of hydrogen-bond acceptors (Lipinski definition) is 2. The van der Waals surface area contributed by atoms with Gasteiger partial charge in [0.05, 0.1) is 0 Å². The van der Waals surface area contributed by atoms with Crippen molar-refractivity contribution in [1.29, 1.82) is 0 Å². The summed E-state index contributed by atoms with van der Waals surface area (Å²) in [6.07, 6.45) is 2.09. The van der Waals surface area contributed by atoms with E-state index in [1.54, 1.807) is 9.12 Å². The molecule has 0 amide bonds. The van der Waals surface area contributed by atoms with Crippen molar-refractivity contribution in [2.45, 2.75) is 19.3 Å². The van der Waals surface area contributed by atoms with Crippen molar-refractivity contribution >= 4 is 58.5 Å². The molecule has 5 heteroatoms. The molecule has 0 saturated carbocycles. The molecule has 114 valence electrons. The molecular weight excluding hydrogens is 427 g/mol. The summed E-state index contributed by atoms with van der Waals surface area (Å²) in [7, 11) is 1.58. The van der Waals surface area contributed by atoms with E-state index < -0.39 is 0 Å². The maximum atomic E-state index is 6.19. The van der Waals surface area contributed by atoms with Gasteiger partial charge in [-0.1, -0.05) is 43.6 Å². The molecule has 2 N–H and O–H groups in total. The Balaban J connectivity index is 2.18. The van der Waals surface area contributed by atoms with Crippen molar-refractivity contribution < 1.29 is 0 Å². The first kappa shape index (κ1) is 16.0. The van der Waals surface area contributed by atoms with Crippen molar-refractivity contribution in [1.82, 2.24) is 4.98 Å². The van der Waals surface area contributed by atoms with Crippen LogP contribution < -0.4 is 4.72 Å². The van der Waals surface area contributed by atoms with Crippen molar-refractivity contribution in [3.05, 3.63) is 64.8 Å². The fraction of sp³-hybridized carbons (Fsp3) is 0.176. The quantitative estimate of drug-likeness (QED) is 0.354. The zero-order chi connectivity index (χ0) is 15.7. The van der Waals surface area contributed by atoms with Gasteiger partial charge in [-0.15, -0.1) is 0 Å². The second kappa shape index (κ2) is 6.34. The second-order valence-corrected chi connectivity index (χ2v) is 7.86. The van der Waals surface area contributed by atoms with Crippen LogP contribution in [0.4, 0.5) is 5.69 Å². The van der Waals surface area contributed by atoms with Gasteiger partial charge in [0, 0.05) is 63.5 Å². The van der Waals surface area contributed by atoms with Gasteiger partial charge >= 0.3 is 0 Å². The van der Waals surface area contributed by atoms with Gasteiger partial charge in [-0.3, -0.25) is 0 Å². The van der Waals surface area contributed by atoms with Crippen LogP contribution in [0.3, 0.4) is 0 Å². The molecule has 0 aliphatic rings. The molecule has 2 nitrogen and oxygen atoms in total. The Morgan fingerprint density at radius 2 is 1.91 bits per heavy atom. The first-order valence-electron chi connectivity index (χ1n) is 6.94. The van der Waals surface area contributed by atoms with Gasteiger partial charge in [0.25, 0.3) is 0 Å². The molecule has 0 bridgehead atoms. The Hall–Kier alpha value is -0.850. The van der Waals surface area contributed by atoms with Crippen LogP contribution in [0.5, 0.6) is 0 Å². The van der Waals surface area contributed by atoms with E-state index in [0.717, 1.165) is 16.2 Å². The van der Waals surface area contributed by atoms with Gasteiger partial charge in [-0.2, -0.15) is 0 Å². The average Bonchev–Trinajstić information content (AvgIpc) is 2.91. The minimum Gasteiger partial charge on any atom is -0.361 e. The Morgan fingerprint density at radius 3 is 2.68 bits per heavy atom. The highest BCUT2D eigenvalue weighted by atomic mass is 127. The number of H-pyrrole nitrogens is 1. The van der Waals surface area contributed by atoms with Gasteiger partial charge < -0.3 is 9.71 Å². The van der Waals surface area contributed by atoms with E-state index in [1.165, 1.54) is 16.5 Å². The zero-order valence-electron chi connectivity index (χ0n) is 12.3. The fourth-order valence-corrected chi connectivity index (χ4v) is 4.06. The molecule has 0 radical (unpaired) electrons. The molecule has 22 heavy (non-hydrogen) atoms. The molecule has 3 aromatic rings. The Bertz CT molecular complexity index is 813. The van der Waals surface area contributed by atoms with Crippen LogP contribution in [-0.4, -0.2) is 4.98 Å². The van der Waals surface area contributed by atoms with E-state index in [4.69, 9.17) is 11.6 Å². The molecular formula is C17H16ClIN2S. The van der Waals surface area contributed by atoms with Gasteiger partial charge in [-0.05, 0) is 35.4 Å². The summed E-state index contributed by atoms with van der Waals surface area (Å²) in [5.74, 6) is 0. The van der Waals surface area contributed by atoms with Crippen LogP contribution in [0, 0.1) is 0 Å². The fourth-order valence-electron chi connectivity index (χ4n) is 2.91. The minimum atomic E-state index is -0.140. The molecule has 0 atom stereocenters. The highest BCUT2D eigenvalue weighted by Gasteiger charge is 2.28. The summed E-state index contributed by atoms with van der Waals surface area (Å²) in [5.41, 5.74) is 4.63. The number of para-hydroxylation sites is 1. The standard InChI is InChI=1S/C17H16ClIN2S/c1-17(2,13-5-3-4-6-16(13)21-22-19)14-10-20-15-8-7-11(18)9-12(14)15/h3-10,20-21H,1-2H3. The number of aromatic amines is 1. The summed E-state index contributed by atoms with van der Waals surface area (Å²) in [6, 6.07) is 14.4. The lowest BCUT2D eigenvalue weighted by Crippen LogP contribution is -2.19. The lowest BCUT2D eigenvalue weighted by molar-refractivity contribution is 0.649. The normalized spacial score (nSPS) is 11.8. The lowest BCUT2D eigenvalue weighted by atomic mass is 9.77. The second-order valence-electron chi connectivity index (χ2n) is 5.74. The van der Waals surface area contributed by atoms with E-state index in [-0.39, 0.29) is 5.41 Å². The average molecular weight is 443 g/mol. The summed E-state index contributed by atoms with van der Waals surface area (Å²) in [6.45, 7) is 4.49. The largest absolute Gasteiger partial charge is 0.361 e. The highest BCUT2D eigenvalue weighted by Crippen LogP contribution is 2.40. The Labute approximate surface area is 151 Å². The monoisotopic (exact) mass is 442 g/mol. The van der Waals surface area contributed by atoms with E-state index in [0.29, 0.717) is 0 Å². The summed E-state index contributed by atoms with van der Waals surface area (Å²) >= 11 is 8.44. The molecule has 1 aromatic heterocycles. The topological polar surface area (TPSA) is 27.8 Å². The van der Waals surface area contributed by atoms with Crippen LogP contribution in [-0.2, 0) is 5.41 Å². The molecule has 0 aliphatic heterocycles. The minimum absolute atomic E-state index is 0.140. The number of rotatable bonds is 4. The molecule has 0 saturated heterocycles. The Morgan fingerprint density at radius 1 is 1.14 bits per heavy atom.